The van der Waals surface area contributed by atoms with Crippen molar-refractivity contribution < 1.29 is 4.79 Å². The fraction of sp³-hybridized carbons (Fsp3) is 0.154. The maximum atomic E-state index is 11.8. The zero-order valence-electron chi connectivity index (χ0n) is 10.7. The van der Waals surface area contributed by atoms with E-state index in [4.69, 9.17) is 0 Å². The minimum absolute atomic E-state index is 0.0583. The Morgan fingerprint density at radius 2 is 2.15 bits per heavy atom. The highest BCUT2D eigenvalue weighted by Crippen LogP contribution is 2.25. The van der Waals surface area contributed by atoms with Crippen LogP contribution in [0.1, 0.15) is 0 Å². The number of benzene rings is 1. The number of nitrogens with one attached hydrogen (secondary N) is 2. The van der Waals surface area contributed by atoms with Gasteiger partial charge in [-0.15, -0.1) is 16.8 Å². The lowest BCUT2D eigenvalue weighted by Gasteiger charge is -2.02. The zero-order chi connectivity index (χ0) is 14.2. The molecule has 0 aliphatic carbocycles. The van der Waals surface area contributed by atoms with Gasteiger partial charge in [0.25, 0.3) is 0 Å². The molecule has 1 aromatic carbocycles. The van der Waals surface area contributed by atoms with Gasteiger partial charge in [0.2, 0.25) is 11.0 Å². The van der Waals surface area contributed by atoms with E-state index in [9.17, 15) is 4.79 Å². The molecule has 0 radical (unpaired) electrons. The maximum Gasteiger partial charge on any atom is 0.234 e. The van der Waals surface area contributed by atoms with Crippen LogP contribution in [0, 0.1) is 0 Å². The van der Waals surface area contributed by atoms with Gasteiger partial charge in [-0.05, 0) is 12.1 Å². The predicted molar refractivity (Wildman–Crippen MR) is 84.4 cm³/mol. The van der Waals surface area contributed by atoms with Gasteiger partial charge in [0.05, 0.1) is 5.75 Å². The maximum absolute atomic E-state index is 11.8. The summed E-state index contributed by atoms with van der Waals surface area (Å²) in [6.07, 6.45) is 1.75. The number of amides is 1. The van der Waals surface area contributed by atoms with Gasteiger partial charge >= 0.3 is 0 Å². The van der Waals surface area contributed by atoms with Crippen LogP contribution in [0.25, 0.3) is 0 Å². The average Bonchev–Trinajstić information content (AvgIpc) is 2.92. The summed E-state index contributed by atoms with van der Waals surface area (Å²) in [5.74, 6) is 0.252. The minimum atomic E-state index is -0.0583. The first kappa shape index (κ1) is 14.5. The molecular weight excluding hydrogens is 292 g/mol. The van der Waals surface area contributed by atoms with Crippen molar-refractivity contribution in [2.45, 2.75) is 4.34 Å². The van der Waals surface area contributed by atoms with Gasteiger partial charge in [0.15, 0.2) is 4.34 Å². The number of hydrogen-bond donors (Lipinski definition) is 2. The Labute approximate surface area is 125 Å². The number of para-hydroxylation sites is 1. The normalized spacial score (nSPS) is 10.0. The van der Waals surface area contributed by atoms with Crippen molar-refractivity contribution in [3.8, 4) is 0 Å². The number of rotatable bonds is 7. The Morgan fingerprint density at radius 3 is 2.90 bits per heavy atom. The van der Waals surface area contributed by atoms with Gasteiger partial charge in [-0.1, -0.05) is 47.4 Å². The number of aromatic nitrogens is 2. The fourth-order valence-electron chi connectivity index (χ4n) is 1.34. The molecule has 5 nitrogen and oxygen atoms in total. The first-order valence-electron chi connectivity index (χ1n) is 5.94. The van der Waals surface area contributed by atoms with Crippen LogP contribution in [0.3, 0.4) is 0 Å². The highest BCUT2D eigenvalue weighted by atomic mass is 32.2. The van der Waals surface area contributed by atoms with Crippen molar-refractivity contribution in [3.05, 3.63) is 43.0 Å². The van der Waals surface area contributed by atoms with Gasteiger partial charge in [-0.25, -0.2) is 0 Å². The summed E-state index contributed by atoms with van der Waals surface area (Å²) in [6.45, 7) is 4.26. The summed E-state index contributed by atoms with van der Waals surface area (Å²) in [6, 6.07) is 9.37. The summed E-state index contributed by atoms with van der Waals surface area (Å²) < 4.78 is 0.764. The molecule has 0 saturated carbocycles. The highest BCUT2D eigenvalue weighted by Gasteiger charge is 2.07. The molecule has 0 bridgehead atoms. The largest absolute Gasteiger partial charge is 0.357 e. The summed E-state index contributed by atoms with van der Waals surface area (Å²) in [5.41, 5.74) is 0.795. The third-order valence-electron chi connectivity index (χ3n) is 2.19. The zero-order valence-corrected chi connectivity index (χ0v) is 12.3. The van der Waals surface area contributed by atoms with Crippen molar-refractivity contribution in [1.82, 2.24) is 10.2 Å². The van der Waals surface area contributed by atoms with E-state index in [2.05, 4.69) is 27.4 Å². The van der Waals surface area contributed by atoms with E-state index in [1.807, 2.05) is 30.3 Å². The molecule has 7 heteroatoms. The average molecular weight is 306 g/mol. The highest BCUT2D eigenvalue weighted by molar-refractivity contribution is 8.01. The van der Waals surface area contributed by atoms with Gasteiger partial charge in [0.1, 0.15) is 0 Å². The van der Waals surface area contributed by atoms with Gasteiger partial charge in [-0.2, -0.15) is 0 Å². The first-order chi connectivity index (χ1) is 9.78. The van der Waals surface area contributed by atoms with E-state index >= 15 is 0 Å². The van der Waals surface area contributed by atoms with E-state index in [1.54, 1.807) is 6.08 Å². The van der Waals surface area contributed by atoms with Crippen LogP contribution in [-0.2, 0) is 4.79 Å². The van der Waals surface area contributed by atoms with Crippen molar-refractivity contribution in [2.75, 3.05) is 22.9 Å². The predicted octanol–water partition coefficient (Wildman–Crippen LogP) is 2.87. The van der Waals surface area contributed by atoms with Crippen LogP contribution in [0.5, 0.6) is 0 Å². The van der Waals surface area contributed by atoms with Crippen molar-refractivity contribution in [3.63, 3.8) is 0 Å². The Hall–Kier alpha value is -1.86. The van der Waals surface area contributed by atoms with Crippen molar-refractivity contribution >= 4 is 39.8 Å². The summed E-state index contributed by atoms with van der Waals surface area (Å²) >= 11 is 2.79. The topological polar surface area (TPSA) is 66.9 Å². The van der Waals surface area contributed by atoms with Gasteiger partial charge < -0.3 is 10.6 Å². The number of nitrogens with zero attached hydrogens (tertiary/aromatic N) is 2. The second kappa shape index (κ2) is 7.66. The monoisotopic (exact) mass is 306 g/mol. The number of carbonyl (C=O) groups excluding carboxylic acids is 1. The Kier molecular flexibility index (Phi) is 5.57. The molecule has 2 N–H and O–H groups in total. The first-order valence-corrected chi connectivity index (χ1v) is 7.74. The molecule has 0 atom stereocenters. The second-order valence-corrected chi connectivity index (χ2v) is 5.95. The molecule has 0 fully saturated rings. The Bertz CT molecular complexity index is 571. The third kappa shape index (κ3) is 4.67. The minimum Gasteiger partial charge on any atom is -0.357 e. The Balaban J connectivity index is 1.78. The number of anilines is 2. The molecule has 0 spiro atoms. The van der Waals surface area contributed by atoms with E-state index < -0.39 is 0 Å². The summed E-state index contributed by atoms with van der Waals surface area (Å²) in [5, 5.41) is 14.6. The summed E-state index contributed by atoms with van der Waals surface area (Å²) in [7, 11) is 0. The third-order valence-corrected chi connectivity index (χ3v) is 4.20. The van der Waals surface area contributed by atoms with Crippen molar-refractivity contribution in [1.29, 1.82) is 0 Å². The van der Waals surface area contributed by atoms with E-state index in [0.717, 1.165) is 15.2 Å². The number of carbonyl (C=O) groups is 1. The fourth-order valence-corrected chi connectivity index (χ4v) is 2.90. The quantitative estimate of drug-likeness (QED) is 0.608. The molecule has 1 aromatic heterocycles. The standard InChI is InChI=1S/C13H14N4OS2/c1-2-8-14-12-16-17-13(20-12)19-9-11(18)15-10-6-4-3-5-7-10/h2-7H,1,8-9H2,(H,14,16)(H,15,18). The van der Waals surface area contributed by atoms with E-state index in [1.165, 1.54) is 23.1 Å². The molecule has 0 aliphatic heterocycles. The number of hydrogen-bond acceptors (Lipinski definition) is 6. The van der Waals surface area contributed by atoms with Crippen LogP contribution >= 0.6 is 23.1 Å². The number of thioether (sulfide) groups is 1. The molecule has 0 aliphatic rings. The molecule has 1 heterocycles. The van der Waals surface area contributed by atoms with Crippen LogP contribution < -0.4 is 10.6 Å². The lowest BCUT2D eigenvalue weighted by atomic mass is 10.3. The smallest absolute Gasteiger partial charge is 0.234 e. The van der Waals surface area contributed by atoms with E-state index in [0.29, 0.717) is 12.3 Å². The molecule has 20 heavy (non-hydrogen) atoms. The second-order valence-electron chi connectivity index (χ2n) is 3.75. The van der Waals surface area contributed by atoms with Gasteiger partial charge in [-0.3, -0.25) is 4.79 Å². The van der Waals surface area contributed by atoms with Crippen LogP contribution in [0.15, 0.2) is 47.3 Å². The molecule has 104 valence electrons. The molecule has 0 saturated heterocycles. The lowest BCUT2D eigenvalue weighted by molar-refractivity contribution is -0.113. The van der Waals surface area contributed by atoms with Crippen LogP contribution in [0.4, 0.5) is 10.8 Å². The van der Waals surface area contributed by atoms with E-state index in [-0.39, 0.29) is 5.91 Å². The van der Waals surface area contributed by atoms with Crippen molar-refractivity contribution in [2.24, 2.45) is 0 Å². The van der Waals surface area contributed by atoms with Crippen LogP contribution in [-0.4, -0.2) is 28.4 Å². The molecule has 2 aromatic rings. The molecule has 2 rings (SSSR count). The lowest BCUT2D eigenvalue weighted by Crippen LogP contribution is -2.13. The molecule has 1 amide bonds. The Morgan fingerprint density at radius 1 is 1.35 bits per heavy atom. The van der Waals surface area contributed by atoms with Crippen LogP contribution in [0.2, 0.25) is 0 Å². The van der Waals surface area contributed by atoms with Gasteiger partial charge in [0, 0.05) is 12.2 Å². The molecular formula is C13H14N4OS2. The SMILES string of the molecule is C=CCNc1nnc(SCC(=O)Nc2ccccc2)s1. The summed E-state index contributed by atoms with van der Waals surface area (Å²) in [4.78, 5) is 11.8. The molecule has 0 unspecified atom stereocenters.